The quantitative estimate of drug-likeness (QED) is 0.486. The van der Waals surface area contributed by atoms with Crippen molar-refractivity contribution in [1.82, 2.24) is 0 Å². The molecule has 3 heteroatoms. The van der Waals surface area contributed by atoms with Crippen molar-refractivity contribution < 1.29 is 9.59 Å². The van der Waals surface area contributed by atoms with Crippen molar-refractivity contribution in [3.05, 3.63) is 33.4 Å². The number of carbonyl (C=O) groups is 2. The standard InChI is InChI=1S/C10H9IO2/c1-2-9(12)10(13)7-3-5-8(11)6-4-7/h3-6H,2H2,1H3. The summed E-state index contributed by atoms with van der Waals surface area (Å²) in [5.74, 6) is -0.722. The number of halogens is 1. The zero-order valence-corrected chi connectivity index (χ0v) is 9.37. The topological polar surface area (TPSA) is 34.1 Å². The minimum Gasteiger partial charge on any atom is -0.290 e. The summed E-state index contributed by atoms with van der Waals surface area (Å²) in [6.45, 7) is 1.69. The predicted octanol–water partition coefficient (Wildman–Crippen LogP) is 2.45. The molecule has 0 N–H and O–H groups in total. The van der Waals surface area contributed by atoms with Crippen molar-refractivity contribution in [2.24, 2.45) is 0 Å². The lowest BCUT2D eigenvalue weighted by molar-refractivity contribution is -0.114. The Morgan fingerprint density at radius 3 is 2.23 bits per heavy atom. The second-order valence-electron chi connectivity index (χ2n) is 2.61. The summed E-state index contributed by atoms with van der Waals surface area (Å²) >= 11 is 2.15. The number of hydrogen-bond acceptors (Lipinski definition) is 2. The number of ketones is 2. The first-order valence-electron chi connectivity index (χ1n) is 3.98. The van der Waals surface area contributed by atoms with Crippen LogP contribution in [0.5, 0.6) is 0 Å². The van der Waals surface area contributed by atoms with Crippen LogP contribution < -0.4 is 0 Å². The highest BCUT2D eigenvalue weighted by Gasteiger charge is 2.12. The maximum Gasteiger partial charge on any atom is 0.228 e. The fraction of sp³-hybridized carbons (Fsp3) is 0.200. The molecule has 0 heterocycles. The molecular weight excluding hydrogens is 279 g/mol. The van der Waals surface area contributed by atoms with Gasteiger partial charge in [-0.1, -0.05) is 6.92 Å². The van der Waals surface area contributed by atoms with E-state index in [1.54, 1.807) is 19.1 Å². The minimum atomic E-state index is -0.390. The van der Waals surface area contributed by atoms with Gasteiger partial charge in [-0.15, -0.1) is 0 Å². The molecule has 0 atom stereocenters. The number of benzene rings is 1. The van der Waals surface area contributed by atoms with Crippen LogP contribution in [0, 0.1) is 3.57 Å². The van der Waals surface area contributed by atoms with Gasteiger partial charge in [-0.2, -0.15) is 0 Å². The van der Waals surface area contributed by atoms with E-state index >= 15 is 0 Å². The molecule has 1 rings (SSSR count). The van der Waals surface area contributed by atoms with Crippen LogP contribution in [0.25, 0.3) is 0 Å². The van der Waals surface area contributed by atoms with Gasteiger partial charge >= 0.3 is 0 Å². The van der Waals surface area contributed by atoms with Crippen LogP contribution in [-0.4, -0.2) is 11.6 Å². The molecule has 0 spiro atoms. The number of Topliss-reactive ketones (excluding diaryl/α,β-unsaturated/α-hetero) is 2. The van der Waals surface area contributed by atoms with Gasteiger partial charge in [0.25, 0.3) is 0 Å². The summed E-state index contributed by atoms with van der Waals surface area (Å²) in [6.07, 6.45) is 0.269. The van der Waals surface area contributed by atoms with E-state index in [0.29, 0.717) is 5.56 Å². The Hall–Kier alpha value is -0.710. The number of carbonyl (C=O) groups excluding carboxylic acids is 2. The molecule has 0 aliphatic rings. The van der Waals surface area contributed by atoms with E-state index < -0.39 is 0 Å². The van der Waals surface area contributed by atoms with E-state index in [2.05, 4.69) is 22.6 Å². The Morgan fingerprint density at radius 2 is 1.77 bits per heavy atom. The third-order valence-electron chi connectivity index (χ3n) is 1.68. The van der Waals surface area contributed by atoms with Gasteiger partial charge in [-0.05, 0) is 46.9 Å². The molecule has 0 amide bonds. The maximum absolute atomic E-state index is 11.3. The van der Waals surface area contributed by atoms with Crippen LogP contribution in [0.3, 0.4) is 0 Å². The zero-order chi connectivity index (χ0) is 9.84. The summed E-state index contributed by atoms with van der Waals surface area (Å²) in [5, 5.41) is 0. The SMILES string of the molecule is CCC(=O)C(=O)c1ccc(I)cc1. The number of hydrogen-bond donors (Lipinski definition) is 0. The van der Waals surface area contributed by atoms with E-state index in [1.807, 2.05) is 12.1 Å². The van der Waals surface area contributed by atoms with Gasteiger partial charge in [-0.3, -0.25) is 9.59 Å². The Kier molecular flexibility index (Phi) is 3.59. The number of rotatable bonds is 3. The first kappa shape index (κ1) is 10.4. The molecule has 0 bridgehead atoms. The predicted molar refractivity (Wildman–Crippen MR) is 58.8 cm³/mol. The average molecular weight is 288 g/mol. The van der Waals surface area contributed by atoms with Crippen LogP contribution >= 0.6 is 22.6 Å². The molecule has 0 radical (unpaired) electrons. The molecule has 0 saturated carbocycles. The molecule has 0 aliphatic heterocycles. The third-order valence-corrected chi connectivity index (χ3v) is 2.40. The second-order valence-corrected chi connectivity index (χ2v) is 3.86. The van der Waals surface area contributed by atoms with Gasteiger partial charge in [0.15, 0.2) is 0 Å². The van der Waals surface area contributed by atoms with Crippen molar-refractivity contribution in [3.63, 3.8) is 0 Å². The highest BCUT2D eigenvalue weighted by Crippen LogP contribution is 2.08. The van der Waals surface area contributed by atoms with Crippen LogP contribution in [0.1, 0.15) is 23.7 Å². The fourth-order valence-corrected chi connectivity index (χ4v) is 1.28. The summed E-state index contributed by atoms with van der Waals surface area (Å²) < 4.78 is 1.05. The zero-order valence-electron chi connectivity index (χ0n) is 7.21. The average Bonchev–Trinajstić information content (AvgIpc) is 2.17. The first-order valence-corrected chi connectivity index (χ1v) is 5.06. The Labute approximate surface area is 90.5 Å². The van der Waals surface area contributed by atoms with Crippen LogP contribution in [0.15, 0.2) is 24.3 Å². The molecular formula is C10H9IO2. The van der Waals surface area contributed by atoms with Crippen LogP contribution in [0.2, 0.25) is 0 Å². The van der Waals surface area contributed by atoms with Crippen LogP contribution in [-0.2, 0) is 4.79 Å². The summed E-state index contributed by atoms with van der Waals surface area (Å²) in [4.78, 5) is 22.4. The monoisotopic (exact) mass is 288 g/mol. The van der Waals surface area contributed by atoms with Crippen molar-refractivity contribution in [2.45, 2.75) is 13.3 Å². The minimum absolute atomic E-state index is 0.269. The summed E-state index contributed by atoms with van der Waals surface area (Å²) in [5.41, 5.74) is 0.479. The molecule has 0 fully saturated rings. The smallest absolute Gasteiger partial charge is 0.228 e. The van der Waals surface area contributed by atoms with Crippen molar-refractivity contribution in [3.8, 4) is 0 Å². The molecule has 0 unspecified atom stereocenters. The second kappa shape index (κ2) is 4.50. The van der Waals surface area contributed by atoms with Gasteiger partial charge in [-0.25, -0.2) is 0 Å². The molecule has 0 saturated heterocycles. The summed E-state index contributed by atoms with van der Waals surface area (Å²) in [6, 6.07) is 6.99. The van der Waals surface area contributed by atoms with Gasteiger partial charge in [0, 0.05) is 15.6 Å². The molecule has 1 aromatic carbocycles. The lowest BCUT2D eigenvalue weighted by atomic mass is 10.1. The molecule has 2 nitrogen and oxygen atoms in total. The van der Waals surface area contributed by atoms with Gasteiger partial charge < -0.3 is 0 Å². The molecule has 0 aromatic heterocycles. The van der Waals surface area contributed by atoms with Crippen molar-refractivity contribution >= 4 is 34.2 Å². The molecule has 68 valence electrons. The van der Waals surface area contributed by atoms with Crippen molar-refractivity contribution in [1.29, 1.82) is 0 Å². The van der Waals surface area contributed by atoms with Gasteiger partial charge in [0.2, 0.25) is 11.6 Å². The van der Waals surface area contributed by atoms with E-state index in [0.717, 1.165) is 3.57 Å². The first-order chi connectivity index (χ1) is 6.15. The maximum atomic E-state index is 11.3. The highest BCUT2D eigenvalue weighted by atomic mass is 127. The van der Waals surface area contributed by atoms with E-state index in [-0.39, 0.29) is 18.0 Å². The normalized spacial score (nSPS) is 9.69. The lowest BCUT2D eigenvalue weighted by Gasteiger charge is -1.97. The van der Waals surface area contributed by atoms with Crippen LogP contribution in [0.4, 0.5) is 0 Å². The van der Waals surface area contributed by atoms with E-state index in [1.165, 1.54) is 0 Å². The Bertz CT molecular complexity index is 327. The summed E-state index contributed by atoms with van der Waals surface area (Å²) in [7, 11) is 0. The van der Waals surface area contributed by atoms with E-state index in [4.69, 9.17) is 0 Å². The molecule has 0 aliphatic carbocycles. The largest absolute Gasteiger partial charge is 0.290 e. The lowest BCUT2D eigenvalue weighted by Crippen LogP contribution is -2.12. The highest BCUT2D eigenvalue weighted by molar-refractivity contribution is 14.1. The van der Waals surface area contributed by atoms with Gasteiger partial charge in [0.05, 0.1) is 0 Å². The Balaban J connectivity index is 2.90. The Morgan fingerprint density at radius 1 is 1.23 bits per heavy atom. The van der Waals surface area contributed by atoms with Gasteiger partial charge in [0.1, 0.15) is 0 Å². The molecule has 13 heavy (non-hydrogen) atoms. The van der Waals surface area contributed by atoms with E-state index in [9.17, 15) is 9.59 Å². The fourth-order valence-electron chi connectivity index (χ4n) is 0.923. The van der Waals surface area contributed by atoms with Crippen molar-refractivity contribution in [2.75, 3.05) is 0 Å². The molecule has 1 aromatic rings. The third kappa shape index (κ3) is 2.62.